The highest BCUT2D eigenvalue weighted by atomic mass is 16.5. The zero-order valence-corrected chi connectivity index (χ0v) is 17.5. The molecule has 1 aliphatic heterocycles. The molecule has 32 heavy (non-hydrogen) atoms. The lowest BCUT2D eigenvalue weighted by atomic mass is 9.98. The molecule has 0 spiro atoms. The molecule has 8 nitrogen and oxygen atoms in total. The zero-order chi connectivity index (χ0) is 21.9. The second-order valence-electron chi connectivity index (χ2n) is 7.34. The molecule has 0 saturated carbocycles. The van der Waals surface area contributed by atoms with E-state index in [-0.39, 0.29) is 24.6 Å². The Hall–Kier alpha value is -4.20. The summed E-state index contributed by atoms with van der Waals surface area (Å²) in [6.45, 7) is -0.200. The van der Waals surface area contributed by atoms with Crippen LogP contribution in [0.25, 0.3) is 5.65 Å². The summed E-state index contributed by atoms with van der Waals surface area (Å²) in [4.78, 5) is 13.2. The van der Waals surface area contributed by atoms with Crippen molar-refractivity contribution in [1.82, 2.24) is 19.6 Å². The average molecular weight is 427 g/mol. The first kappa shape index (κ1) is 19.7. The van der Waals surface area contributed by atoms with E-state index < -0.39 is 0 Å². The van der Waals surface area contributed by atoms with Gasteiger partial charge in [0.05, 0.1) is 18.9 Å². The third-order valence-electron chi connectivity index (χ3n) is 5.38. The number of pyridine rings is 1. The highest BCUT2D eigenvalue weighted by Crippen LogP contribution is 2.33. The van der Waals surface area contributed by atoms with Crippen molar-refractivity contribution in [1.29, 1.82) is 0 Å². The van der Waals surface area contributed by atoms with E-state index in [9.17, 15) is 4.79 Å². The van der Waals surface area contributed by atoms with Crippen LogP contribution in [0.5, 0.6) is 11.8 Å². The SMILES string of the molecule is COc1ccc(C2CC(c3ccccc3)=NN2C(=O)COc2nnc3ccccn23)cc1. The molecule has 0 radical (unpaired) electrons. The quantitative estimate of drug-likeness (QED) is 0.471. The molecule has 8 heteroatoms. The smallest absolute Gasteiger partial charge is 0.322 e. The number of hydrogen-bond donors (Lipinski definition) is 0. The van der Waals surface area contributed by atoms with Gasteiger partial charge in [-0.25, -0.2) is 5.01 Å². The molecule has 0 fully saturated rings. The van der Waals surface area contributed by atoms with E-state index in [2.05, 4.69) is 15.3 Å². The molecule has 1 amide bonds. The van der Waals surface area contributed by atoms with Gasteiger partial charge >= 0.3 is 6.01 Å². The molecule has 0 aliphatic carbocycles. The molecule has 4 aromatic rings. The minimum Gasteiger partial charge on any atom is -0.497 e. The summed E-state index contributed by atoms with van der Waals surface area (Å²) < 4.78 is 12.7. The van der Waals surface area contributed by atoms with Crippen molar-refractivity contribution in [2.45, 2.75) is 12.5 Å². The van der Waals surface area contributed by atoms with Gasteiger partial charge in [0.1, 0.15) is 5.75 Å². The predicted molar refractivity (Wildman–Crippen MR) is 119 cm³/mol. The van der Waals surface area contributed by atoms with Crippen molar-refractivity contribution in [3.8, 4) is 11.8 Å². The maximum atomic E-state index is 13.2. The Morgan fingerprint density at radius 2 is 1.78 bits per heavy atom. The number of aromatic nitrogens is 3. The number of hydrogen-bond acceptors (Lipinski definition) is 6. The lowest BCUT2D eigenvalue weighted by molar-refractivity contribution is -0.135. The lowest BCUT2D eigenvalue weighted by Crippen LogP contribution is -2.31. The summed E-state index contributed by atoms with van der Waals surface area (Å²) in [6, 6.07) is 23.1. The molecule has 2 aromatic carbocycles. The van der Waals surface area contributed by atoms with Gasteiger partial charge in [-0.05, 0) is 35.4 Å². The van der Waals surface area contributed by atoms with Crippen LogP contribution < -0.4 is 9.47 Å². The topological polar surface area (TPSA) is 81.3 Å². The molecule has 1 aliphatic rings. The van der Waals surface area contributed by atoms with Crippen LogP contribution in [0, 0.1) is 0 Å². The second-order valence-corrected chi connectivity index (χ2v) is 7.34. The lowest BCUT2D eigenvalue weighted by Gasteiger charge is -2.22. The Bertz CT molecular complexity index is 1270. The van der Waals surface area contributed by atoms with Crippen molar-refractivity contribution in [2.75, 3.05) is 13.7 Å². The number of methoxy groups -OCH3 is 1. The van der Waals surface area contributed by atoms with E-state index in [1.165, 1.54) is 5.01 Å². The summed E-state index contributed by atoms with van der Waals surface area (Å²) in [5.74, 6) is 0.500. The number of carbonyl (C=O) groups is 1. The summed E-state index contributed by atoms with van der Waals surface area (Å²) in [5, 5.41) is 14.2. The zero-order valence-electron chi connectivity index (χ0n) is 17.5. The van der Waals surface area contributed by atoms with Crippen molar-refractivity contribution in [2.24, 2.45) is 5.10 Å². The molecule has 5 rings (SSSR count). The van der Waals surface area contributed by atoms with Gasteiger partial charge < -0.3 is 9.47 Å². The predicted octanol–water partition coefficient (Wildman–Crippen LogP) is 3.49. The Kier molecular flexibility index (Phi) is 5.25. The van der Waals surface area contributed by atoms with E-state index in [1.807, 2.05) is 72.8 Å². The Balaban J connectivity index is 1.40. The fourth-order valence-electron chi connectivity index (χ4n) is 3.74. The highest BCUT2D eigenvalue weighted by molar-refractivity contribution is 6.03. The van der Waals surface area contributed by atoms with Crippen LogP contribution >= 0.6 is 0 Å². The molecular formula is C24H21N5O3. The number of nitrogens with zero attached hydrogens (tertiary/aromatic N) is 5. The van der Waals surface area contributed by atoms with E-state index >= 15 is 0 Å². The maximum absolute atomic E-state index is 13.2. The van der Waals surface area contributed by atoms with Crippen LogP contribution in [0.2, 0.25) is 0 Å². The highest BCUT2D eigenvalue weighted by Gasteiger charge is 2.33. The van der Waals surface area contributed by atoms with Gasteiger partial charge in [-0.3, -0.25) is 9.20 Å². The first-order valence-electron chi connectivity index (χ1n) is 10.2. The fourth-order valence-corrected chi connectivity index (χ4v) is 3.74. The molecule has 1 unspecified atom stereocenters. The molecule has 0 N–H and O–H groups in total. The van der Waals surface area contributed by atoms with Gasteiger partial charge in [-0.1, -0.05) is 53.6 Å². The number of amides is 1. The molecule has 2 aromatic heterocycles. The first-order valence-corrected chi connectivity index (χ1v) is 10.2. The first-order chi connectivity index (χ1) is 15.7. The van der Waals surface area contributed by atoms with Crippen LogP contribution in [0.4, 0.5) is 0 Å². The van der Waals surface area contributed by atoms with Crippen LogP contribution in [0.3, 0.4) is 0 Å². The monoisotopic (exact) mass is 427 g/mol. The van der Waals surface area contributed by atoms with Crippen LogP contribution in [-0.2, 0) is 4.79 Å². The van der Waals surface area contributed by atoms with E-state index in [1.54, 1.807) is 17.7 Å². The standard InChI is InChI=1S/C24H21N5O3/c1-31-19-12-10-18(11-13-19)21-15-20(17-7-3-2-4-8-17)27-29(21)23(30)16-32-24-26-25-22-9-5-6-14-28(22)24/h2-14,21H,15-16H2,1H3. The van der Waals surface area contributed by atoms with Gasteiger partial charge in [0.2, 0.25) is 0 Å². The minimum atomic E-state index is -0.260. The van der Waals surface area contributed by atoms with Crippen LogP contribution in [-0.4, -0.2) is 44.9 Å². The van der Waals surface area contributed by atoms with E-state index in [4.69, 9.17) is 9.47 Å². The van der Waals surface area contributed by atoms with Gasteiger partial charge in [-0.2, -0.15) is 5.10 Å². The normalized spacial score (nSPS) is 15.6. The number of ether oxygens (including phenoxy) is 2. The van der Waals surface area contributed by atoms with Gasteiger partial charge in [-0.15, -0.1) is 5.10 Å². The fraction of sp³-hybridized carbons (Fsp3) is 0.167. The molecule has 1 atom stereocenters. The third-order valence-corrected chi connectivity index (χ3v) is 5.38. The van der Waals surface area contributed by atoms with Crippen molar-refractivity contribution < 1.29 is 14.3 Å². The van der Waals surface area contributed by atoms with Crippen molar-refractivity contribution in [3.63, 3.8) is 0 Å². The molecule has 3 heterocycles. The summed E-state index contributed by atoms with van der Waals surface area (Å²) >= 11 is 0. The Morgan fingerprint density at radius 1 is 1.00 bits per heavy atom. The van der Waals surface area contributed by atoms with E-state index in [0.717, 1.165) is 22.6 Å². The van der Waals surface area contributed by atoms with Gasteiger partial charge in [0.25, 0.3) is 5.91 Å². The van der Waals surface area contributed by atoms with Gasteiger partial charge in [0, 0.05) is 12.6 Å². The molecule has 160 valence electrons. The van der Waals surface area contributed by atoms with Crippen LogP contribution in [0.15, 0.2) is 84.1 Å². The van der Waals surface area contributed by atoms with E-state index in [0.29, 0.717) is 12.1 Å². The molecule has 0 bridgehead atoms. The largest absolute Gasteiger partial charge is 0.497 e. The average Bonchev–Trinajstić information content (AvgIpc) is 3.48. The van der Waals surface area contributed by atoms with Crippen molar-refractivity contribution in [3.05, 3.63) is 90.1 Å². The summed E-state index contributed by atoms with van der Waals surface area (Å²) in [5.41, 5.74) is 3.47. The molecule has 0 saturated heterocycles. The summed E-state index contributed by atoms with van der Waals surface area (Å²) in [7, 11) is 1.63. The Morgan fingerprint density at radius 3 is 2.56 bits per heavy atom. The number of rotatable bonds is 6. The third kappa shape index (κ3) is 3.78. The number of benzene rings is 2. The molecular weight excluding hydrogens is 406 g/mol. The van der Waals surface area contributed by atoms with Crippen molar-refractivity contribution >= 4 is 17.3 Å². The second kappa shape index (κ2) is 8.50. The maximum Gasteiger partial charge on any atom is 0.322 e. The van der Waals surface area contributed by atoms with Gasteiger partial charge in [0.15, 0.2) is 12.3 Å². The number of carbonyl (C=O) groups excluding carboxylic acids is 1. The van der Waals surface area contributed by atoms with Crippen LogP contribution in [0.1, 0.15) is 23.6 Å². The number of fused-ring (bicyclic) bond motifs is 1. The number of hydrazone groups is 1. The summed E-state index contributed by atoms with van der Waals surface area (Å²) in [6.07, 6.45) is 2.40. The minimum absolute atomic E-state index is 0.200. The Labute approximate surface area is 184 Å².